The molecule has 0 aliphatic heterocycles. The van der Waals surface area contributed by atoms with Gasteiger partial charge in [-0.25, -0.2) is 0 Å². The van der Waals surface area contributed by atoms with Gasteiger partial charge in [-0.2, -0.15) is 0 Å². The number of carbonyl (C=O) groups excluding carboxylic acids is 1. The Bertz CT molecular complexity index is 200. The molecule has 4 heteroatoms. The second-order valence-corrected chi connectivity index (χ2v) is 5.73. The Morgan fingerprint density at radius 1 is 1.17 bits per heavy atom. The normalized spacial score (nSPS) is 12.4. The zero-order valence-corrected chi connectivity index (χ0v) is 12.6. The highest BCUT2D eigenvalue weighted by atomic mass is 32.2. The Labute approximate surface area is 115 Å². The van der Waals surface area contributed by atoms with Crippen LogP contribution in [0.1, 0.15) is 58.8 Å². The Morgan fingerprint density at radius 2 is 1.89 bits per heavy atom. The van der Waals surface area contributed by atoms with E-state index in [0.717, 1.165) is 44.3 Å². The van der Waals surface area contributed by atoms with Crippen molar-refractivity contribution in [3.63, 3.8) is 0 Å². The van der Waals surface area contributed by atoms with E-state index in [2.05, 4.69) is 6.92 Å². The van der Waals surface area contributed by atoms with Gasteiger partial charge >= 0.3 is 5.97 Å². The smallest absolute Gasteiger partial charge is 0.319 e. The van der Waals surface area contributed by atoms with Crippen LogP contribution in [0.25, 0.3) is 0 Å². The third kappa shape index (κ3) is 9.75. The molecule has 0 spiro atoms. The molecule has 2 nitrogen and oxygen atoms in total. The Hall–Kier alpha value is -0.250. The van der Waals surface area contributed by atoms with Crippen molar-refractivity contribution in [3.8, 4) is 0 Å². The molecule has 0 saturated heterocycles. The molecular weight excluding hydrogens is 251 g/mol. The minimum absolute atomic E-state index is 0.0114. The standard InChI is InChI=1S/C14H27FO2S/c1-3-9-13(14(16)17-11-4-2)18-12-8-6-5-7-10-15/h13H,3-12H2,1-2H3. The molecule has 0 N–H and O–H groups in total. The molecule has 0 aromatic rings. The van der Waals surface area contributed by atoms with E-state index >= 15 is 0 Å². The number of hydrogen-bond acceptors (Lipinski definition) is 3. The van der Waals surface area contributed by atoms with Crippen LogP contribution in [0.2, 0.25) is 0 Å². The van der Waals surface area contributed by atoms with E-state index < -0.39 is 0 Å². The largest absolute Gasteiger partial charge is 0.465 e. The third-order valence-corrected chi connectivity index (χ3v) is 3.96. The van der Waals surface area contributed by atoms with Crippen LogP contribution in [0.3, 0.4) is 0 Å². The summed E-state index contributed by atoms with van der Waals surface area (Å²) in [6.07, 6.45) is 6.50. The van der Waals surface area contributed by atoms with E-state index in [0.29, 0.717) is 13.0 Å². The number of halogens is 1. The van der Waals surface area contributed by atoms with Crippen molar-refractivity contribution in [3.05, 3.63) is 0 Å². The van der Waals surface area contributed by atoms with Crippen LogP contribution < -0.4 is 0 Å². The highest BCUT2D eigenvalue weighted by Crippen LogP contribution is 2.20. The van der Waals surface area contributed by atoms with E-state index in [1.807, 2.05) is 6.92 Å². The maximum Gasteiger partial charge on any atom is 0.319 e. The van der Waals surface area contributed by atoms with Crippen molar-refractivity contribution in [2.75, 3.05) is 19.0 Å². The molecule has 0 amide bonds. The molecule has 0 aromatic heterocycles. The number of esters is 1. The molecule has 0 aliphatic rings. The van der Waals surface area contributed by atoms with Gasteiger partial charge in [-0.3, -0.25) is 9.18 Å². The van der Waals surface area contributed by atoms with Gasteiger partial charge in [-0.05, 0) is 31.4 Å². The van der Waals surface area contributed by atoms with Gasteiger partial charge in [0.1, 0.15) is 5.25 Å². The second-order valence-electron chi connectivity index (χ2n) is 4.42. The zero-order valence-electron chi connectivity index (χ0n) is 11.8. The molecule has 0 saturated carbocycles. The summed E-state index contributed by atoms with van der Waals surface area (Å²) in [5.41, 5.74) is 0. The Kier molecular flexibility index (Phi) is 13.0. The lowest BCUT2D eigenvalue weighted by molar-refractivity contribution is -0.143. The maximum absolute atomic E-state index is 11.9. The van der Waals surface area contributed by atoms with Crippen molar-refractivity contribution in [1.82, 2.24) is 0 Å². The molecule has 18 heavy (non-hydrogen) atoms. The lowest BCUT2D eigenvalue weighted by atomic mass is 10.2. The highest BCUT2D eigenvalue weighted by molar-refractivity contribution is 8.00. The van der Waals surface area contributed by atoms with Gasteiger partial charge in [0.2, 0.25) is 0 Å². The monoisotopic (exact) mass is 278 g/mol. The first-order valence-corrected chi connectivity index (χ1v) is 8.15. The van der Waals surface area contributed by atoms with Crippen molar-refractivity contribution < 1.29 is 13.9 Å². The van der Waals surface area contributed by atoms with Crippen LogP contribution in [0.15, 0.2) is 0 Å². The number of ether oxygens (including phenoxy) is 1. The molecule has 0 heterocycles. The van der Waals surface area contributed by atoms with E-state index in [4.69, 9.17) is 4.74 Å². The topological polar surface area (TPSA) is 26.3 Å². The first kappa shape index (κ1) is 17.8. The van der Waals surface area contributed by atoms with Crippen LogP contribution in [0.4, 0.5) is 4.39 Å². The summed E-state index contributed by atoms with van der Waals surface area (Å²) in [6, 6.07) is 0. The molecule has 1 unspecified atom stereocenters. The lowest BCUT2D eigenvalue weighted by Crippen LogP contribution is -2.21. The van der Waals surface area contributed by atoms with Crippen LogP contribution in [0, 0.1) is 0 Å². The van der Waals surface area contributed by atoms with Crippen LogP contribution in [-0.2, 0) is 9.53 Å². The fourth-order valence-electron chi connectivity index (χ4n) is 1.60. The summed E-state index contributed by atoms with van der Waals surface area (Å²) in [4.78, 5) is 11.8. The number of alkyl halides is 1. The van der Waals surface area contributed by atoms with Crippen LogP contribution in [0.5, 0.6) is 0 Å². The van der Waals surface area contributed by atoms with Crippen molar-refractivity contribution in [2.45, 2.75) is 64.0 Å². The SMILES string of the molecule is CCCOC(=O)C(CCC)SCCCCCCF. The number of carbonyl (C=O) groups is 1. The average molecular weight is 278 g/mol. The minimum Gasteiger partial charge on any atom is -0.465 e. The van der Waals surface area contributed by atoms with Gasteiger partial charge in [0.15, 0.2) is 0 Å². The average Bonchev–Trinajstić information content (AvgIpc) is 2.38. The van der Waals surface area contributed by atoms with E-state index in [-0.39, 0.29) is 17.9 Å². The molecule has 0 radical (unpaired) electrons. The van der Waals surface area contributed by atoms with Gasteiger partial charge in [0.05, 0.1) is 13.3 Å². The van der Waals surface area contributed by atoms with E-state index in [1.165, 1.54) is 0 Å². The van der Waals surface area contributed by atoms with Gasteiger partial charge in [0, 0.05) is 0 Å². The summed E-state index contributed by atoms with van der Waals surface area (Å²) >= 11 is 1.69. The Balaban J connectivity index is 3.71. The van der Waals surface area contributed by atoms with Crippen molar-refractivity contribution in [2.24, 2.45) is 0 Å². The summed E-state index contributed by atoms with van der Waals surface area (Å²) in [5.74, 6) is 0.908. The summed E-state index contributed by atoms with van der Waals surface area (Å²) in [7, 11) is 0. The predicted molar refractivity (Wildman–Crippen MR) is 76.8 cm³/mol. The fraction of sp³-hybridized carbons (Fsp3) is 0.929. The van der Waals surface area contributed by atoms with E-state index in [1.54, 1.807) is 11.8 Å². The lowest BCUT2D eigenvalue weighted by Gasteiger charge is -2.14. The molecule has 0 aromatic carbocycles. The first-order valence-electron chi connectivity index (χ1n) is 7.10. The number of thioether (sulfide) groups is 1. The Morgan fingerprint density at radius 3 is 2.50 bits per heavy atom. The van der Waals surface area contributed by atoms with Gasteiger partial charge in [-0.1, -0.05) is 33.1 Å². The number of rotatable bonds is 12. The quantitative estimate of drug-likeness (QED) is 0.391. The predicted octanol–water partition coefficient (Wildman–Crippen LogP) is 4.37. The first-order chi connectivity index (χ1) is 8.76. The van der Waals surface area contributed by atoms with Crippen molar-refractivity contribution >= 4 is 17.7 Å². The number of unbranched alkanes of at least 4 members (excludes halogenated alkanes) is 3. The van der Waals surface area contributed by atoms with Gasteiger partial charge in [-0.15, -0.1) is 11.8 Å². The fourth-order valence-corrected chi connectivity index (χ4v) is 2.86. The summed E-state index contributed by atoms with van der Waals surface area (Å²) in [6.45, 7) is 4.40. The minimum atomic E-state index is -0.213. The van der Waals surface area contributed by atoms with Crippen molar-refractivity contribution in [1.29, 1.82) is 0 Å². The van der Waals surface area contributed by atoms with Gasteiger partial charge in [0.25, 0.3) is 0 Å². The molecule has 1 atom stereocenters. The van der Waals surface area contributed by atoms with E-state index in [9.17, 15) is 9.18 Å². The molecule has 108 valence electrons. The van der Waals surface area contributed by atoms with Crippen LogP contribution in [-0.4, -0.2) is 30.3 Å². The summed E-state index contributed by atoms with van der Waals surface area (Å²) in [5, 5.41) is -0.0114. The van der Waals surface area contributed by atoms with Gasteiger partial charge < -0.3 is 4.74 Å². The second kappa shape index (κ2) is 13.2. The zero-order chi connectivity index (χ0) is 13.6. The maximum atomic E-state index is 11.9. The highest BCUT2D eigenvalue weighted by Gasteiger charge is 2.18. The molecule has 0 aliphatic carbocycles. The van der Waals surface area contributed by atoms with Crippen LogP contribution >= 0.6 is 11.8 Å². The number of hydrogen-bond donors (Lipinski definition) is 0. The molecule has 0 bridgehead atoms. The summed E-state index contributed by atoms with van der Waals surface area (Å²) < 4.78 is 17.1. The molecular formula is C14H27FO2S. The molecule has 0 rings (SSSR count). The third-order valence-electron chi connectivity index (χ3n) is 2.61. The molecule has 0 fully saturated rings.